The number of alkyl halides is 1. The van der Waals surface area contributed by atoms with Crippen molar-refractivity contribution in [3.63, 3.8) is 0 Å². The van der Waals surface area contributed by atoms with E-state index in [0.717, 1.165) is 18.7 Å². The number of halogens is 2. The Labute approximate surface area is 138 Å². The molecule has 126 valence electrons. The van der Waals surface area contributed by atoms with Crippen LogP contribution in [0.5, 0.6) is 0 Å². The van der Waals surface area contributed by atoms with Crippen LogP contribution in [0.2, 0.25) is 0 Å². The van der Waals surface area contributed by atoms with Crippen LogP contribution in [0.25, 0.3) is 0 Å². The Kier molecular flexibility index (Phi) is 6.01. The number of rotatable bonds is 6. The van der Waals surface area contributed by atoms with Crippen molar-refractivity contribution in [1.82, 2.24) is 4.90 Å². The fourth-order valence-electron chi connectivity index (χ4n) is 2.36. The SMILES string of the molecule is COC(=O)[C@H](Cc1ccccc1)N(CF)C(=O)c1ccccc1F. The van der Waals surface area contributed by atoms with E-state index in [1.54, 1.807) is 30.3 Å². The van der Waals surface area contributed by atoms with Crippen molar-refractivity contribution in [3.8, 4) is 0 Å². The molecule has 0 bridgehead atoms. The third-order valence-corrected chi connectivity index (χ3v) is 3.62. The highest BCUT2D eigenvalue weighted by molar-refractivity contribution is 5.97. The van der Waals surface area contributed by atoms with Crippen LogP contribution in [-0.2, 0) is 16.0 Å². The van der Waals surface area contributed by atoms with Gasteiger partial charge < -0.3 is 4.74 Å². The number of benzene rings is 2. The Balaban J connectivity index is 2.33. The molecule has 1 atom stereocenters. The third kappa shape index (κ3) is 3.95. The number of ether oxygens (including phenoxy) is 1. The first kappa shape index (κ1) is 17.6. The minimum atomic E-state index is -1.24. The van der Waals surface area contributed by atoms with Crippen LogP contribution in [0.4, 0.5) is 8.78 Å². The topological polar surface area (TPSA) is 46.6 Å². The van der Waals surface area contributed by atoms with Gasteiger partial charge in [-0.05, 0) is 17.7 Å². The lowest BCUT2D eigenvalue weighted by Gasteiger charge is -2.27. The standard InChI is InChI=1S/C18H17F2NO3/c1-24-18(23)16(11-13-7-3-2-4-8-13)21(12-19)17(22)14-9-5-6-10-15(14)20/h2-10,16H,11-12H2,1H3/t16-/m0/s1. The van der Waals surface area contributed by atoms with Gasteiger partial charge in [0.25, 0.3) is 5.91 Å². The zero-order valence-corrected chi connectivity index (χ0v) is 13.1. The molecule has 0 unspecified atom stereocenters. The summed E-state index contributed by atoms with van der Waals surface area (Å²) in [6.07, 6.45) is 0.0671. The molecule has 0 fully saturated rings. The molecule has 0 radical (unpaired) electrons. The smallest absolute Gasteiger partial charge is 0.329 e. The van der Waals surface area contributed by atoms with E-state index in [0.29, 0.717) is 4.90 Å². The summed E-state index contributed by atoms with van der Waals surface area (Å²) in [5.74, 6) is -2.44. The van der Waals surface area contributed by atoms with Gasteiger partial charge in [-0.3, -0.25) is 9.69 Å². The van der Waals surface area contributed by atoms with Crippen molar-refractivity contribution in [3.05, 3.63) is 71.5 Å². The molecule has 0 aliphatic rings. The number of carbonyl (C=O) groups is 2. The van der Waals surface area contributed by atoms with Gasteiger partial charge in [-0.15, -0.1) is 0 Å². The maximum atomic E-state index is 13.8. The van der Waals surface area contributed by atoms with Crippen LogP contribution in [0.3, 0.4) is 0 Å². The number of hydrogen-bond donors (Lipinski definition) is 0. The first-order valence-electron chi connectivity index (χ1n) is 7.31. The molecule has 0 heterocycles. The number of amides is 1. The van der Waals surface area contributed by atoms with E-state index in [2.05, 4.69) is 0 Å². The van der Waals surface area contributed by atoms with Crippen molar-refractivity contribution in [2.75, 3.05) is 13.9 Å². The van der Waals surface area contributed by atoms with Crippen LogP contribution in [0.15, 0.2) is 54.6 Å². The summed E-state index contributed by atoms with van der Waals surface area (Å²) in [6.45, 7) is -1.24. The first-order chi connectivity index (χ1) is 11.6. The molecule has 0 saturated carbocycles. The molecule has 4 nitrogen and oxygen atoms in total. The van der Waals surface area contributed by atoms with E-state index in [1.807, 2.05) is 0 Å². The summed E-state index contributed by atoms with van der Waals surface area (Å²) in [7, 11) is 1.16. The molecule has 0 N–H and O–H groups in total. The second-order valence-corrected chi connectivity index (χ2v) is 5.10. The van der Waals surface area contributed by atoms with Crippen LogP contribution in [-0.4, -0.2) is 36.7 Å². The Morgan fingerprint density at radius 2 is 1.71 bits per heavy atom. The number of nitrogens with zero attached hydrogens (tertiary/aromatic N) is 1. The molecule has 24 heavy (non-hydrogen) atoms. The summed E-state index contributed by atoms with van der Waals surface area (Å²) in [4.78, 5) is 25.2. The molecular formula is C18H17F2NO3. The number of esters is 1. The van der Waals surface area contributed by atoms with Gasteiger partial charge in [-0.1, -0.05) is 42.5 Å². The molecule has 0 spiro atoms. The summed E-state index contributed by atoms with van der Waals surface area (Å²) in [6, 6.07) is 12.9. The maximum Gasteiger partial charge on any atom is 0.329 e. The normalized spacial score (nSPS) is 11.6. The monoisotopic (exact) mass is 333 g/mol. The van der Waals surface area contributed by atoms with Gasteiger partial charge in [-0.25, -0.2) is 13.6 Å². The van der Waals surface area contributed by atoms with Gasteiger partial charge >= 0.3 is 5.97 Å². The second kappa shape index (κ2) is 8.19. The molecule has 2 aromatic carbocycles. The Morgan fingerprint density at radius 3 is 2.29 bits per heavy atom. The lowest BCUT2D eigenvalue weighted by Crippen LogP contribution is -2.46. The highest BCUT2D eigenvalue weighted by Crippen LogP contribution is 2.17. The number of carbonyl (C=O) groups excluding carboxylic acids is 2. The lowest BCUT2D eigenvalue weighted by molar-refractivity contribution is -0.146. The van der Waals surface area contributed by atoms with Gasteiger partial charge in [0.1, 0.15) is 11.9 Å². The minimum absolute atomic E-state index is 0.0671. The van der Waals surface area contributed by atoms with E-state index in [-0.39, 0.29) is 12.0 Å². The van der Waals surface area contributed by atoms with Crippen LogP contribution < -0.4 is 0 Å². The first-order valence-corrected chi connectivity index (χ1v) is 7.31. The fourth-order valence-corrected chi connectivity index (χ4v) is 2.36. The number of methoxy groups -OCH3 is 1. The zero-order valence-electron chi connectivity index (χ0n) is 13.1. The predicted octanol–water partition coefficient (Wildman–Crippen LogP) is 2.98. The summed E-state index contributed by atoms with van der Waals surface area (Å²) in [5.41, 5.74) is 0.435. The summed E-state index contributed by atoms with van der Waals surface area (Å²) < 4.78 is 32.1. The average Bonchev–Trinajstić information content (AvgIpc) is 2.62. The van der Waals surface area contributed by atoms with Crippen molar-refractivity contribution in [2.24, 2.45) is 0 Å². The van der Waals surface area contributed by atoms with E-state index >= 15 is 0 Å². The van der Waals surface area contributed by atoms with Crippen LogP contribution in [0.1, 0.15) is 15.9 Å². The van der Waals surface area contributed by atoms with E-state index < -0.39 is 30.5 Å². The predicted molar refractivity (Wildman–Crippen MR) is 84.5 cm³/mol. The average molecular weight is 333 g/mol. The highest BCUT2D eigenvalue weighted by Gasteiger charge is 2.32. The van der Waals surface area contributed by atoms with Gasteiger partial charge in [0, 0.05) is 6.42 Å². The van der Waals surface area contributed by atoms with Gasteiger partial charge in [0.15, 0.2) is 6.80 Å². The summed E-state index contributed by atoms with van der Waals surface area (Å²) in [5, 5.41) is 0. The van der Waals surface area contributed by atoms with Gasteiger partial charge in [0.05, 0.1) is 12.7 Å². The van der Waals surface area contributed by atoms with E-state index in [4.69, 9.17) is 4.74 Å². The molecule has 0 aliphatic heterocycles. The highest BCUT2D eigenvalue weighted by atomic mass is 19.1. The fraction of sp³-hybridized carbons (Fsp3) is 0.222. The second-order valence-electron chi connectivity index (χ2n) is 5.10. The van der Waals surface area contributed by atoms with Crippen LogP contribution in [0, 0.1) is 5.82 Å². The van der Waals surface area contributed by atoms with E-state index in [9.17, 15) is 18.4 Å². The lowest BCUT2D eigenvalue weighted by atomic mass is 10.0. The maximum absolute atomic E-state index is 13.8. The van der Waals surface area contributed by atoms with Crippen molar-refractivity contribution < 1.29 is 23.1 Å². The molecule has 0 aliphatic carbocycles. The van der Waals surface area contributed by atoms with Crippen molar-refractivity contribution >= 4 is 11.9 Å². The van der Waals surface area contributed by atoms with Crippen molar-refractivity contribution in [2.45, 2.75) is 12.5 Å². The molecule has 1 amide bonds. The zero-order chi connectivity index (χ0) is 17.5. The Bertz CT molecular complexity index is 706. The molecule has 6 heteroatoms. The van der Waals surface area contributed by atoms with Gasteiger partial charge in [0.2, 0.25) is 0 Å². The summed E-state index contributed by atoms with van der Waals surface area (Å²) >= 11 is 0. The minimum Gasteiger partial charge on any atom is -0.467 e. The Hall–Kier alpha value is -2.76. The van der Waals surface area contributed by atoms with E-state index in [1.165, 1.54) is 18.2 Å². The third-order valence-electron chi connectivity index (χ3n) is 3.62. The quantitative estimate of drug-likeness (QED) is 0.603. The molecule has 0 saturated heterocycles. The molecule has 0 aromatic heterocycles. The molecule has 2 aromatic rings. The molecular weight excluding hydrogens is 316 g/mol. The van der Waals surface area contributed by atoms with Crippen molar-refractivity contribution in [1.29, 1.82) is 0 Å². The van der Waals surface area contributed by atoms with Gasteiger partial charge in [-0.2, -0.15) is 0 Å². The van der Waals surface area contributed by atoms with Crippen LogP contribution >= 0.6 is 0 Å². The molecule has 2 rings (SSSR count). The Morgan fingerprint density at radius 1 is 1.08 bits per heavy atom. The number of hydrogen-bond acceptors (Lipinski definition) is 3. The largest absolute Gasteiger partial charge is 0.467 e.